The normalized spacial score (nSPS) is 14.1. The molecule has 1 aromatic carbocycles. The average Bonchev–Trinajstić information content (AvgIpc) is 2.32. The van der Waals surface area contributed by atoms with Crippen molar-refractivity contribution in [2.24, 2.45) is 0 Å². The molecule has 0 aliphatic carbocycles. The number of rotatable bonds is 5. The Bertz CT molecular complexity index is 423. The Morgan fingerprint density at radius 2 is 2.06 bits per heavy atom. The highest BCUT2D eigenvalue weighted by Crippen LogP contribution is 2.23. The summed E-state index contributed by atoms with van der Waals surface area (Å²) in [5.74, 6) is -3.09. The van der Waals surface area contributed by atoms with E-state index in [-0.39, 0.29) is 6.61 Å². The number of aliphatic hydroxyl groups is 2. The van der Waals surface area contributed by atoms with Gasteiger partial charge >= 0.3 is 5.97 Å². The number of esters is 1. The van der Waals surface area contributed by atoms with Gasteiger partial charge in [-0.2, -0.15) is 0 Å². The van der Waals surface area contributed by atoms with Crippen LogP contribution < -0.4 is 0 Å². The highest BCUT2D eigenvalue weighted by molar-refractivity contribution is 5.70. The molecule has 100 valence electrons. The number of carbonyl (C=O) groups is 1. The molecule has 0 aliphatic rings. The maximum atomic E-state index is 13.3. The van der Waals surface area contributed by atoms with Crippen LogP contribution in [0.4, 0.5) is 8.78 Å². The molecule has 0 aliphatic heterocycles. The van der Waals surface area contributed by atoms with E-state index in [2.05, 4.69) is 4.74 Å². The van der Waals surface area contributed by atoms with E-state index in [0.717, 1.165) is 12.1 Å². The topological polar surface area (TPSA) is 66.8 Å². The van der Waals surface area contributed by atoms with Gasteiger partial charge in [0, 0.05) is 5.56 Å². The molecule has 0 radical (unpaired) electrons. The summed E-state index contributed by atoms with van der Waals surface area (Å²) in [5, 5.41) is 19.2. The lowest BCUT2D eigenvalue weighted by Crippen LogP contribution is -2.24. The fourth-order valence-electron chi connectivity index (χ4n) is 1.46. The number of hydrogen-bond acceptors (Lipinski definition) is 4. The molecule has 2 unspecified atom stereocenters. The Labute approximate surface area is 103 Å². The predicted octanol–water partition coefficient (Wildman–Crippen LogP) is 1.31. The van der Waals surface area contributed by atoms with Crippen LogP contribution in [0.3, 0.4) is 0 Å². The summed E-state index contributed by atoms with van der Waals surface area (Å²) in [7, 11) is 0. The molecule has 1 rings (SSSR count). The van der Waals surface area contributed by atoms with E-state index in [9.17, 15) is 23.8 Å². The molecule has 0 aromatic heterocycles. The average molecular weight is 260 g/mol. The number of carbonyl (C=O) groups excluding carboxylic acids is 1. The zero-order valence-corrected chi connectivity index (χ0v) is 9.77. The summed E-state index contributed by atoms with van der Waals surface area (Å²) in [5.41, 5.74) is -0.396. The van der Waals surface area contributed by atoms with Crippen LogP contribution in [0.2, 0.25) is 0 Å². The van der Waals surface area contributed by atoms with Crippen LogP contribution in [0.5, 0.6) is 0 Å². The molecule has 0 saturated heterocycles. The number of aliphatic hydroxyl groups excluding tert-OH is 2. The Morgan fingerprint density at radius 1 is 1.39 bits per heavy atom. The Hall–Kier alpha value is -1.53. The van der Waals surface area contributed by atoms with Gasteiger partial charge in [0.15, 0.2) is 11.6 Å². The molecule has 0 heterocycles. The second kappa shape index (κ2) is 6.42. The van der Waals surface area contributed by atoms with E-state index in [0.29, 0.717) is 0 Å². The second-order valence-corrected chi connectivity index (χ2v) is 3.66. The summed E-state index contributed by atoms with van der Waals surface area (Å²) in [4.78, 5) is 11.1. The minimum atomic E-state index is -1.69. The van der Waals surface area contributed by atoms with E-state index in [1.807, 2.05) is 0 Å². The van der Waals surface area contributed by atoms with E-state index < -0.39 is 41.8 Å². The molecule has 2 atom stereocenters. The van der Waals surface area contributed by atoms with E-state index in [1.165, 1.54) is 6.07 Å². The number of benzene rings is 1. The zero-order valence-electron chi connectivity index (χ0n) is 9.77. The number of hydrogen-bond donors (Lipinski definition) is 2. The first-order valence-electron chi connectivity index (χ1n) is 5.43. The SMILES string of the molecule is CCOC(=O)CC(O)C(O)c1cccc(F)c1F. The minimum absolute atomic E-state index is 0.135. The first-order chi connectivity index (χ1) is 8.47. The third-order valence-corrected chi connectivity index (χ3v) is 2.35. The highest BCUT2D eigenvalue weighted by atomic mass is 19.2. The maximum absolute atomic E-state index is 13.3. The van der Waals surface area contributed by atoms with Gasteiger partial charge in [-0.25, -0.2) is 8.78 Å². The van der Waals surface area contributed by atoms with Crippen molar-refractivity contribution in [1.82, 2.24) is 0 Å². The largest absolute Gasteiger partial charge is 0.466 e. The lowest BCUT2D eigenvalue weighted by Gasteiger charge is -2.18. The van der Waals surface area contributed by atoms with Gasteiger partial charge in [-0.15, -0.1) is 0 Å². The van der Waals surface area contributed by atoms with E-state index >= 15 is 0 Å². The molecule has 1 aromatic rings. The molecule has 0 amide bonds. The second-order valence-electron chi connectivity index (χ2n) is 3.66. The van der Waals surface area contributed by atoms with Crippen molar-refractivity contribution < 1.29 is 28.5 Å². The van der Waals surface area contributed by atoms with Gasteiger partial charge in [-0.05, 0) is 13.0 Å². The van der Waals surface area contributed by atoms with E-state index in [1.54, 1.807) is 6.92 Å². The van der Waals surface area contributed by atoms with Gasteiger partial charge < -0.3 is 14.9 Å². The molecule has 6 heteroatoms. The predicted molar refractivity (Wildman–Crippen MR) is 58.6 cm³/mol. The summed E-state index contributed by atoms with van der Waals surface area (Å²) < 4.78 is 30.8. The lowest BCUT2D eigenvalue weighted by atomic mass is 10.0. The van der Waals surface area contributed by atoms with Crippen molar-refractivity contribution in [2.45, 2.75) is 25.6 Å². The first kappa shape index (κ1) is 14.5. The standard InChI is InChI=1S/C12H14F2O4/c1-2-18-10(16)6-9(15)12(17)7-4-3-5-8(13)11(7)14/h3-5,9,12,15,17H,2,6H2,1H3. The molecule has 18 heavy (non-hydrogen) atoms. The van der Waals surface area contributed by atoms with Crippen LogP contribution in [-0.4, -0.2) is 28.9 Å². The van der Waals surface area contributed by atoms with Crippen LogP contribution in [0.15, 0.2) is 18.2 Å². The van der Waals surface area contributed by atoms with Crippen molar-refractivity contribution in [3.63, 3.8) is 0 Å². The summed E-state index contributed by atoms with van der Waals surface area (Å²) in [6.45, 7) is 1.73. The Morgan fingerprint density at radius 3 is 2.67 bits per heavy atom. The third-order valence-electron chi connectivity index (χ3n) is 2.35. The quantitative estimate of drug-likeness (QED) is 0.783. The van der Waals surface area contributed by atoms with Gasteiger partial charge in [-0.3, -0.25) is 4.79 Å². The monoisotopic (exact) mass is 260 g/mol. The maximum Gasteiger partial charge on any atom is 0.308 e. The van der Waals surface area contributed by atoms with Crippen LogP contribution in [-0.2, 0) is 9.53 Å². The molecule has 0 bridgehead atoms. The first-order valence-corrected chi connectivity index (χ1v) is 5.43. The van der Waals surface area contributed by atoms with Gasteiger partial charge in [-0.1, -0.05) is 12.1 Å². The van der Waals surface area contributed by atoms with Crippen molar-refractivity contribution in [3.8, 4) is 0 Å². The molecule has 0 spiro atoms. The van der Waals surface area contributed by atoms with Crippen molar-refractivity contribution >= 4 is 5.97 Å². The fourth-order valence-corrected chi connectivity index (χ4v) is 1.46. The smallest absolute Gasteiger partial charge is 0.308 e. The molecule has 4 nitrogen and oxygen atoms in total. The van der Waals surface area contributed by atoms with Crippen molar-refractivity contribution in [2.75, 3.05) is 6.61 Å². The van der Waals surface area contributed by atoms with Crippen LogP contribution in [0, 0.1) is 11.6 Å². The highest BCUT2D eigenvalue weighted by Gasteiger charge is 2.25. The van der Waals surface area contributed by atoms with Gasteiger partial charge in [0.05, 0.1) is 19.1 Å². The lowest BCUT2D eigenvalue weighted by molar-refractivity contribution is -0.147. The van der Waals surface area contributed by atoms with Crippen LogP contribution in [0.25, 0.3) is 0 Å². The molecular formula is C12H14F2O4. The fraction of sp³-hybridized carbons (Fsp3) is 0.417. The van der Waals surface area contributed by atoms with Gasteiger partial charge in [0.25, 0.3) is 0 Å². The summed E-state index contributed by atoms with van der Waals surface area (Å²) >= 11 is 0. The molecule has 2 N–H and O–H groups in total. The minimum Gasteiger partial charge on any atom is -0.466 e. The number of halogens is 2. The Balaban J connectivity index is 2.77. The summed E-state index contributed by atoms with van der Waals surface area (Å²) in [6, 6.07) is 3.23. The van der Waals surface area contributed by atoms with Crippen molar-refractivity contribution in [3.05, 3.63) is 35.4 Å². The van der Waals surface area contributed by atoms with Crippen LogP contribution in [0.1, 0.15) is 25.0 Å². The molecule has 0 fully saturated rings. The Kier molecular flexibility index (Phi) is 5.18. The zero-order chi connectivity index (χ0) is 13.7. The molecular weight excluding hydrogens is 246 g/mol. The number of ether oxygens (including phenoxy) is 1. The van der Waals surface area contributed by atoms with E-state index in [4.69, 9.17) is 0 Å². The van der Waals surface area contributed by atoms with Gasteiger partial charge in [0.2, 0.25) is 0 Å². The summed E-state index contributed by atoms with van der Waals surface area (Å²) in [6.07, 6.45) is -3.74. The van der Waals surface area contributed by atoms with Crippen molar-refractivity contribution in [1.29, 1.82) is 0 Å². The third kappa shape index (κ3) is 3.48. The van der Waals surface area contributed by atoms with Crippen LogP contribution >= 0.6 is 0 Å². The molecule has 0 saturated carbocycles. The van der Waals surface area contributed by atoms with Gasteiger partial charge in [0.1, 0.15) is 6.10 Å².